The summed E-state index contributed by atoms with van der Waals surface area (Å²) < 4.78 is 0.763. The predicted octanol–water partition coefficient (Wildman–Crippen LogP) is 3.24. The zero-order valence-electron chi connectivity index (χ0n) is 8.76. The Morgan fingerprint density at radius 1 is 1.62 bits per heavy atom. The molecule has 4 heteroatoms. The van der Waals surface area contributed by atoms with Gasteiger partial charge in [-0.25, -0.2) is 0 Å². The van der Waals surface area contributed by atoms with Crippen LogP contribution in [0.3, 0.4) is 0 Å². The number of benzene rings is 1. The molecule has 1 aromatic rings. The molecule has 0 saturated heterocycles. The normalized spacial score (nSPS) is 11.6. The summed E-state index contributed by atoms with van der Waals surface area (Å²) in [7, 11) is 0. The van der Waals surface area contributed by atoms with Crippen molar-refractivity contribution in [3.05, 3.63) is 33.3 Å². The van der Waals surface area contributed by atoms with Crippen LogP contribution in [-0.4, -0.2) is 11.9 Å². The molecule has 0 radical (unpaired) electrons. The first-order chi connectivity index (χ1) is 7.56. The van der Waals surface area contributed by atoms with Crippen LogP contribution < -0.4 is 5.32 Å². The molecule has 0 heterocycles. The highest BCUT2D eigenvalue weighted by atomic mass is 79.9. The molecule has 0 saturated carbocycles. The highest BCUT2D eigenvalue weighted by molar-refractivity contribution is 9.10. The summed E-state index contributed by atoms with van der Waals surface area (Å²) in [5, 5.41) is 3.24. The minimum Gasteiger partial charge on any atom is -0.338 e. The van der Waals surface area contributed by atoms with Crippen molar-refractivity contribution in [2.75, 3.05) is 0 Å². The van der Waals surface area contributed by atoms with Crippen LogP contribution in [0.1, 0.15) is 23.7 Å². The van der Waals surface area contributed by atoms with Crippen LogP contribution in [0.15, 0.2) is 22.7 Å². The van der Waals surface area contributed by atoms with Crippen LogP contribution in [0.2, 0.25) is 5.02 Å². The van der Waals surface area contributed by atoms with Crippen molar-refractivity contribution in [2.24, 2.45) is 0 Å². The van der Waals surface area contributed by atoms with E-state index in [2.05, 4.69) is 27.2 Å². The molecule has 0 fully saturated rings. The number of terminal acetylenes is 1. The summed E-state index contributed by atoms with van der Waals surface area (Å²) in [5.74, 6) is 2.29. The molecule has 1 aromatic carbocycles. The number of carbonyl (C=O) groups excluding carboxylic acids is 1. The van der Waals surface area contributed by atoms with E-state index in [1.54, 1.807) is 18.2 Å². The van der Waals surface area contributed by atoms with Crippen molar-refractivity contribution in [3.63, 3.8) is 0 Å². The number of hydrogen-bond acceptors (Lipinski definition) is 1. The molecular weight excluding hydrogens is 289 g/mol. The lowest BCUT2D eigenvalue weighted by Gasteiger charge is -2.11. The summed E-state index contributed by atoms with van der Waals surface area (Å²) >= 11 is 9.13. The Labute approximate surface area is 109 Å². The van der Waals surface area contributed by atoms with E-state index in [1.165, 1.54) is 0 Å². The lowest BCUT2D eigenvalue weighted by Crippen LogP contribution is -2.33. The smallest absolute Gasteiger partial charge is 0.252 e. The number of amides is 1. The molecule has 1 atom stereocenters. The zero-order chi connectivity index (χ0) is 12.1. The van der Waals surface area contributed by atoms with Crippen molar-refractivity contribution in [1.82, 2.24) is 5.32 Å². The number of nitrogens with one attached hydrogen (secondary N) is 1. The molecule has 0 aliphatic heterocycles. The van der Waals surface area contributed by atoms with Crippen molar-refractivity contribution in [3.8, 4) is 12.3 Å². The lowest BCUT2D eigenvalue weighted by atomic mass is 10.2. The van der Waals surface area contributed by atoms with Crippen LogP contribution in [0.4, 0.5) is 0 Å². The maximum Gasteiger partial charge on any atom is 0.252 e. The number of rotatable bonds is 3. The topological polar surface area (TPSA) is 29.1 Å². The second kappa shape index (κ2) is 5.93. The third kappa shape index (κ3) is 3.55. The largest absolute Gasteiger partial charge is 0.338 e. The molecule has 2 nitrogen and oxygen atoms in total. The molecule has 0 aliphatic rings. The van der Waals surface area contributed by atoms with Crippen molar-refractivity contribution < 1.29 is 4.79 Å². The van der Waals surface area contributed by atoms with Gasteiger partial charge >= 0.3 is 0 Å². The van der Waals surface area contributed by atoms with E-state index < -0.39 is 0 Å². The minimum absolute atomic E-state index is 0.215. The highest BCUT2D eigenvalue weighted by Gasteiger charge is 2.11. The van der Waals surface area contributed by atoms with Gasteiger partial charge in [-0.05, 0) is 24.6 Å². The average molecular weight is 301 g/mol. The van der Waals surface area contributed by atoms with Gasteiger partial charge in [0, 0.05) is 15.1 Å². The van der Waals surface area contributed by atoms with E-state index in [9.17, 15) is 4.79 Å². The van der Waals surface area contributed by atoms with Crippen LogP contribution in [0.25, 0.3) is 0 Å². The Balaban J connectivity index is 2.85. The van der Waals surface area contributed by atoms with Crippen LogP contribution in [-0.2, 0) is 0 Å². The van der Waals surface area contributed by atoms with Crippen molar-refractivity contribution in [2.45, 2.75) is 19.4 Å². The van der Waals surface area contributed by atoms with Gasteiger partial charge in [-0.15, -0.1) is 6.42 Å². The van der Waals surface area contributed by atoms with Gasteiger partial charge in [-0.2, -0.15) is 0 Å². The fourth-order valence-corrected chi connectivity index (χ4v) is 2.05. The first-order valence-corrected chi connectivity index (χ1v) is 5.97. The Morgan fingerprint density at radius 2 is 2.31 bits per heavy atom. The predicted molar refractivity (Wildman–Crippen MR) is 69.5 cm³/mol. The molecular formula is C12H11BrClNO. The number of hydrogen-bond donors (Lipinski definition) is 1. The maximum absolute atomic E-state index is 11.8. The van der Waals surface area contributed by atoms with Gasteiger partial charge < -0.3 is 5.32 Å². The van der Waals surface area contributed by atoms with E-state index in [0.29, 0.717) is 17.0 Å². The van der Waals surface area contributed by atoms with E-state index in [-0.39, 0.29) is 11.9 Å². The lowest BCUT2D eigenvalue weighted by molar-refractivity contribution is 0.0945. The van der Waals surface area contributed by atoms with Gasteiger partial charge in [0.15, 0.2) is 0 Å². The minimum atomic E-state index is -0.245. The molecule has 84 valence electrons. The van der Waals surface area contributed by atoms with Crippen molar-refractivity contribution in [1.29, 1.82) is 0 Å². The number of halogens is 2. The standard InChI is InChI=1S/C12H11BrClNO/c1-3-11(4-2)15-12(16)8-5-9(13)7-10(14)6-8/h1,5-7,11H,4H2,2H3,(H,15,16). The summed E-state index contributed by atoms with van der Waals surface area (Å²) in [5.41, 5.74) is 0.494. The molecule has 0 spiro atoms. The molecule has 0 bridgehead atoms. The van der Waals surface area contributed by atoms with Gasteiger partial charge in [0.1, 0.15) is 0 Å². The second-order valence-corrected chi connectivity index (χ2v) is 4.61. The third-order valence-corrected chi connectivity index (χ3v) is 2.72. The van der Waals surface area contributed by atoms with Gasteiger partial charge in [0.2, 0.25) is 0 Å². The summed E-state index contributed by atoms with van der Waals surface area (Å²) in [4.78, 5) is 11.8. The first kappa shape index (κ1) is 13.1. The van der Waals surface area contributed by atoms with Crippen LogP contribution in [0.5, 0.6) is 0 Å². The van der Waals surface area contributed by atoms with E-state index >= 15 is 0 Å². The second-order valence-electron chi connectivity index (χ2n) is 3.26. The van der Waals surface area contributed by atoms with Crippen LogP contribution in [0, 0.1) is 12.3 Å². The molecule has 1 rings (SSSR count). The van der Waals surface area contributed by atoms with Gasteiger partial charge in [-0.1, -0.05) is 40.4 Å². The maximum atomic E-state index is 11.8. The molecule has 1 amide bonds. The molecule has 0 aromatic heterocycles. The van der Waals surface area contributed by atoms with E-state index in [0.717, 1.165) is 4.47 Å². The summed E-state index contributed by atoms with van der Waals surface area (Å²) in [6.45, 7) is 1.92. The fourth-order valence-electron chi connectivity index (χ4n) is 1.19. The zero-order valence-corrected chi connectivity index (χ0v) is 11.1. The SMILES string of the molecule is C#CC(CC)NC(=O)c1cc(Cl)cc(Br)c1. The third-order valence-electron chi connectivity index (χ3n) is 2.04. The fraction of sp³-hybridized carbons (Fsp3) is 0.250. The monoisotopic (exact) mass is 299 g/mol. The van der Waals surface area contributed by atoms with Gasteiger partial charge in [0.25, 0.3) is 5.91 Å². The molecule has 1 N–H and O–H groups in total. The molecule has 1 unspecified atom stereocenters. The Hall–Kier alpha value is -0.980. The Kier molecular flexibility index (Phi) is 4.85. The Morgan fingerprint density at radius 3 is 2.81 bits per heavy atom. The molecule has 16 heavy (non-hydrogen) atoms. The van der Waals surface area contributed by atoms with Crippen LogP contribution >= 0.6 is 27.5 Å². The quantitative estimate of drug-likeness (QED) is 0.853. The molecule has 0 aliphatic carbocycles. The number of carbonyl (C=O) groups is 1. The highest BCUT2D eigenvalue weighted by Crippen LogP contribution is 2.19. The van der Waals surface area contributed by atoms with Gasteiger partial charge in [-0.3, -0.25) is 4.79 Å². The van der Waals surface area contributed by atoms with Crippen molar-refractivity contribution >= 4 is 33.4 Å². The summed E-state index contributed by atoms with van der Waals surface area (Å²) in [6.07, 6.45) is 5.97. The van der Waals surface area contributed by atoms with E-state index in [1.807, 2.05) is 6.92 Å². The summed E-state index contributed by atoms with van der Waals surface area (Å²) in [6, 6.07) is 4.77. The van der Waals surface area contributed by atoms with E-state index in [4.69, 9.17) is 18.0 Å². The Bertz CT molecular complexity index is 419. The first-order valence-electron chi connectivity index (χ1n) is 4.80. The average Bonchev–Trinajstić information content (AvgIpc) is 2.24. The van der Waals surface area contributed by atoms with Gasteiger partial charge in [0.05, 0.1) is 6.04 Å².